The van der Waals surface area contributed by atoms with Crippen LogP contribution in [-0.2, 0) is 34.5 Å². The van der Waals surface area contributed by atoms with E-state index in [1.54, 1.807) is 23.5 Å². The van der Waals surface area contributed by atoms with Crippen molar-refractivity contribution in [3.8, 4) is 27.4 Å². The Hall–Kier alpha value is -5.64. The van der Waals surface area contributed by atoms with Gasteiger partial charge in [-0.2, -0.15) is 0 Å². The van der Waals surface area contributed by atoms with Gasteiger partial charge in [0.05, 0.1) is 27.9 Å². The van der Waals surface area contributed by atoms with Crippen molar-refractivity contribution in [1.29, 1.82) is 0 Å². The predicted molar refractivity (Wildman–Crippen MR) is 222 cm³/mol. The van der Waals surface area contributed by atoms with Crippen LogP contribution in [0.15, 0.2) is 70.7 Å². The minimum absolute atomic E-state index is 0.0552. The summed E-state index contributed by atoms with van der Waals surface area (Å²) in [7, 11) is 1.95. The largest absolute Gasteiger partial charge is 0.507 e. The number of aromatic nitrogens is 5. The lowest BCUT2D eigenvalue weighted by atomic mass is 9.75. The Kier molecular flexibility index (Phi) is 10.8. The molecule has 6 aromatic rings. The zero-order chi connectivity index (χ0) is 40.7. The summed E-state index contributed by atoms with van der Waals surface area (Å²) in [5.74, 6) is 0.383. The topological polar surface area (TPSA) is 177 Å². The molecule has 15 heteroatoms. The molecule has 0 bridgehead atoms. The Bertz CT molecular complexity index is 2440. The number of likely N-dealkylation sites (tertiary alicyclic amines) is 1. The van der Waals surface area contributed by atoms with Crippen LogP contribution in [0.1, 0.15) is 55.5 Å². The summed E-state index contributed by atoms with van der Waals surface area (Å²) in [5, 5.41) is 38.4. The van der Waals surface area contributed by atoms with Gasteiger partial charge in [-0.05, 0) is 54.7 Å². The van der Waals surface area contributed by atoms with E-state index in [-0.39, 0.29) is 36.4 Å². The van der Waals surface area contributed by atoms with Gasteiger partial charge in [-0.3, -0.25) is 14.5 Å². The van der Waals surface area contributed by atoms with Gasteiger partial charge in [-0.1, -0.05) is 55.4 Å². The number of phenolic OH excluding ortho intramolecular Hbond substituents is 1. The average Bonchev–Trinajstić information content (AvgIpc) is 4.05. The molecule has 1 fully saturated rings. The van der Waals surface area contributed by atoms with Crippen molar-refractivity contribution in [3.05, 3.63) is 94.4 Å². The molecule has 0 spiro atoms. The SMILES string of the molecule is Cc1ncsc1-c1ccc(CNC(=O)[C@@H]2C[C@@H](O)CN2C(=O)[C@](C)(c2cc(N(C)CCN3CCc4[nH]c5nnc(-c6ccccc6O)cc5c4C3)no2)C(C)C)cc1. The molecule has 4 N–H and O–H groups in total. The quantitative estimate of drug-likeness (QED) is 0.124. The zero-order valence-corrected chi connectivity index (χ0v) is 34.2. The first-order chi connectivity index (χ1) is 27.9. The Balaban J connectivity index is 0.911. The van der Waals surface area contributed by atoms with Gasteiger partial charge >= 0.3 is 0 Å². The number of fused-ring (bicyclic) bond motifs is 3. The Labute approximate surface area is 340 Å². The number of likely N-dealkylation sites (N-methyl/N-ethyl adjacent to an activating group) is 1. The number of carbonyl (C=O) groups excluding carboxylic acids is 2. The van der Waals surface area contributed by atoms with Crippen molar-refractivity contribution in [2.24, 2.45) is 5.92 Å². The number of para-hydroxylation sites is 1. The lowest BCUT2D eigenvalue weighted by Crippen LogP contribution is -2.53. The number of aliphatic hydroxyl groups is 1. The summed E-state index contributed by atoms with van der Waals surface area (Å²) in [5.41, 5.74) is 8.01. The van der Waals surface area contributed by atoms with Gasteiger partial charge in [-0.25, -0.2) is 4.98 Å². The van der Waals surface area contributed by atoms with Crippen molar-refractivity contribution in [2.75, 3.05) is 38.1 Å². The van der Waals surface area contributed by atoms with E-state index in [0.717, 1.165) is 64.5 Å². The molecule has 8 rings (SSSR count). The van der Waals surface area contributed by atoms with Crippen LogP contribution >= 0.6 is 11.3 Å². The molecule has 2 amide bonds. The van der Waals surface area contributed by atoms with E-state index in [0.29, 0.717) is 35.9 Å². The molecule has 2 aliphatic heterocycles. The minimum atomic E-state index is -1.14. The molecule has 14 nitrogen and oxygen atoms in total. The highest BCUT2D eigenvalue weighted by Gasteiger charge is 2.50. The van der Waals surface area contributed by atoms with Crippen LogP contribution in [0.3, 0.4) is 0 Å². The fourth-order valence-corrected chi connectivity index (χ4v) is 8.86. The van der Waals surface area contributed by atoms with E-state index in [9.17, 15) is 19.8 Å². The molecule has 58 heavy (non-hydrogen) atoms. The smallest absolute Gasteiger partial charge is 0.243 e. The van der Waals surface area contributed by atoms with Crippen LogP contribution in [-0.4, -0.2) is 103 Å². The summed E-state index contributed by atoms with van der Waals surface area (Å²) in [4.78, 5) is 43.0. The molecule has 2 aromatic carbocycles. The molecule has 4 aromatic heterocycles. The number of β-amino-alcohol motifs (C(OH)–C–C–N with tert-alkyl or cyclic N) is 1. The first-order valence-corrected chi connectivity index (χ1v) is 20.6. The third kappa shape index (κ3) is 7.45. The summed E-state index contributed by atoms with van der Waals surface area (Å²) in [6.07, 6.45) is 0.175. The van der Waals surface area contributed by atoms with E-state index in [2.05, 4.69) is 35.5 Å². The first kappa shape index (κ1) is 39.2. The lowest BCUT2D eigenvalue weighted by molar-refractivity contribution is -0.145. The number of nitrogens with zero attached hydrogens (tertiary/aromatic N) is 7. The maximum Gasteiger partial charge on any atom is 0.243 e. The van der Waals surface area contributed by atoms with Crippen LogP contribution in [0.4, 0.5) is 5.82 Å². The van der Waals surface area contributed by atoms with Crippen molar-refractivity contribution in [2.45, 2.75) is 71.2 Å². The number of rotatable bonds is 12. The summed E-state index contributed by atoms with van der Waals surface area (Å²) in [6, 6.07) is 18.1. The van der Waals surface area contributed by atoms with Crippen LogP contribution in [0.5, 0.6) is 5.75 Å². The number of phenols is 1. The van der Waals surface area contributed by atoms with E-state index in [1.807, 2.05) is 93.7 Å². The molecular formula is C43H49N9O5S. The molecule has 2 aliphatic rings. The molecule has 3 atom stereocenters. The summed E-state index contributed by atoms with van der Waals surface area (Å²) in [6.45, 7) is 11.1. The summed E-state index contributed by atoms with van der Waals surface area (Å²) >= 11 is 1.59. The van der Waals surface area contributed by atoms with Crippen molar-refractivity contribution >= 4 is 40.0 Å². The minimum Gasteiger partial charge on any atom is -0.507 e. The Morgan fingerprint density at radius 2 is 1.93 bits per heavy atom. The lowest BCUT2D eigenvalue weighted by Gasteiger charge is -2.36. The van der Waals surface area contributed by atoms with Gasteiger partial charge in [0.25, 0.3) is 0 Å². The molecule has 0 radical (unpaired) electrons. The highest BCUT2D eigenvalue weighted by molar-refractivity contribution is 7.13. The number of benzene rings is 2. The van der Waals surface area contributed by atoms with Gasteiger partial charge in [0.2, 0.25) is 11.8 Å². The molecular weight excluding hydrogens is 755 g/mol. The molecule has 302 valence electrons. The monoisotopic (exact) mass is 803 g/mol. The average molecular weight is 804 g/mol. The number of aryl methyl sites for hydroxylation is 1. The third-order valence-electron chi connectivity index (χ3n) is 12.0. The maximum absolute atomic E-state index is 14.5. The molecule has 6 heterocycles. The van der Waals surface area contributed by atoms with Gasteiger partial charge in [0.1, 0.15) is 17.2 Å². The highest BCUT2D eigenvalue weighted by atomic mass is 32.1. The number of aromatic hydroxyl groups is 1. The number of aliphatic hydroxyl groups excluding tert-OH is 1. The molecule has 1 saturated heterocycles. The van der Waals surface area contributed by atoms with Gasteiger partial charge in [-0.15, -0.1) is 21.5 Å². The van der Waals surface area contributed by atoms with E-state index in [1.165, 1.54) is 10.5 Å². The van der Waals surface area contributed by atoms with Gasteiger partial charge < -0.3 is 34.8 Å². The van der Waals surface area contributed by atoms with Crippen LogP contribution in [0.25, 0.3) is 32.7 Å². The van der Waals surface area contributed by atoms with E-state index < -0.39 is 17.6 Å². The maximum atomic E-state index is 14.5. The number of thiazole rings is 1. The number of amides is 2. The van der Waals surface area contributed by atoms with Crippen LogP contribution in [0, 0.1) is 12.8 Å². The number of hydrogen-bond acceptors (Lipinski definition) is 12. The van der Waals surface area contributed by atoms with Crippen molar-refractivity contribution in [1.82, 2.24) is 40.4 Å². The molecule has 0 unspecified atom stereocenters. The summed E-state index contributed by atoms with van der Waals surface area (Å²) < 4.78 is 5.94. The standard InChI is InChI=1S/C43H49N9O5S/c1-25(2)43(4,42(56)52-22-29(53)18-35(52)41(55)44-21-27-10-12-28(13-11-27)39-26(3)45-24-58-39)37-20-38(49-57-37)50(5)16-17-51-15-14-33-32(23-51)31-19-34(47-48-40(31)46-33)30-8-6-7-9-36(30)54/h6-13,19-20,24-25,29,35,53-54H,14-18,21-23H2,1-5H3,(H,44,55)(H,46,48)/t29-,35+,43+/m1/s1. The second kappa shape index (κ2) is 16.0. The molecule has 0 saturated carbocycles. The van der Waals surface area contributed by atoms with Crippen molar-refractivity contribution < 1.29 is 24.3 Å². The third-order valence-corrected chi connectivity index (χ3v) is 13.0. The van der Waals surface area contributed by atoms with E-state index in [4.69, 9.17) is 4.52 Å². The number of aromatic amines is 1. The zero-order valence-electron chi connectivity index (χ0n) is 33.4. The fourth-order valence-electron chi connectivity index (χ4n) is 8.05. The second-order valence-corrected chi connectivity index (χ2v) is 16.8. The van der Waals surface area contributed by atoms with Crippen molar-refractivity contribution in [3.63, 3.8) is 0 Å². The Morgan fingerprint density at radius 1 is 1.14 bits per heavy atom. The van der Waals surface area contributed by atoms with E-state index >= 15 is 0 Å². The van der Waals surface area contributed by atoms with Crippen LogP contribution in [0.2, 0.25) is 0 Å². The van der Waals surface area contributed by atoms with Gasteiger partial charge in [0.15, 0.2) is 17.2 Å². The second-order valence-electron chi connectivity index (χ2n) is 16.0. The first-order valence-electron chi connectivity index (χ1n) is 19.7. The highest BCUT2D eigenvalue weighted by Crippen LogP contribution is 2.38. The number of H-pyrrole nitrogens is 1. The number of hydrogen-bond donors (Lipinski definition) is 4. The van der Waals surface area contributed by atoms with Gasteiger partial charge in [0, 0.05) is 81.9 Å². The number of nitrogens with one attached hydrogen (secondary N) is 2. The Morgan fingerprint density at radius 3 is 2.67 bits per heavy atom. The fraction of sp³-hybridized carbons (Fsp3) is 0.395. The number of anilines is 1. The molecule has 0 aliphatic carbocycles. The van der Waals surface area contributed by atoms with Crippen LogP contribution < -0.4 is 10.2 Å². The predicted octanol–water partition coefficient (Wildman–Crippen LogP) is 5.44. The normalized spacial score (nSPS) is 18.1. The number of carbonyl (C=O) groups is 2.